The number of para-hydroxylation sites is 1. The minimum absolute atomic E-state index is 0.204. The van der Waals surface area contributed by atoms with E-state index < -0.39 is 11.5 Å². The molecular formula is C23H19N3O3. The predicted molar refractivity (Wildman–Crippen MR) is 109 cm³/mol. The predicted octanol–water partition coefficient (Wildman–Crippen LogP) is 3.51. The van der Waals surface area contributed by atoms with Gasteiger partial charge in [-0.25, -0.2) is 0 Å². The molecule has 3 atom stereocenters. The number of imide groups is 1. The normalized spacial score (nSPS) is 26.2. The van der Waals surface area contributed by atoms with Gasteiger partial charge in [0.15, 0.2) is 0 Å². The van der Waals surface area contributed by atoms with Crippen LogP contribution in [0.1, 0.15) is 25.3 Å². The Morgan fingerprint density at radius 2 is 1.97 bits per heavy atom. The Kier molecular flexibility index (Phi) is 2.93. The van der Waals surface area contributed by atoms with E-state index in [4.69, 9.17) is 4.74 Å². The zero-order valence-corrected chi connectivity index (χ0v) is 16.3. The van der Waals surface area contributed by atoms with Gasteiger partial charge in [0.1, 0.15) is 16.8 Å². The van der Waals surface area contributed by atoms with E-state index in [2.05, 4.69) is 21.3 Å². The van der Waals surface area contributed by atoms with Gasteiger partial charge in [0.25, 0.3) is 5.91 Å². The average molecular weight is 385 g/mol. The number of methoxy groups -OCH3 is 1. The van der Waals surface area contributed by atoms with E-state index in [1.54, 1.807) is 13.3 Å². The SMILES string of the molecule is COc1cc2c3c4c(ccnc14)-c1ccccc1N3[C@@]1(C)C(=O)NC(=O)[C@@H]2[C@H]1C. The second-order valence-corrected chi connectivity index (χ2v) is 8.18. The molecule has 0 unspecified atom stereocenters. The Labute approximate surface area is 167 Å². The van der Waals surface area contributed by atoms with Gasteiger partial charge in [0.05, 0.1) is 24.4 Å². The van der Waals surface area contributed by atoms with Crippen molar-refractivity contribution in [2.24, 2.45) is 5.92 Å². The summed E-state index contributed by atoms with van der Waals surface area (Å²) >= 11 is 0. The average Bonchev–Trinajstić information content (AvgIpc) is 2.73. The van der Waals surface area contributed by atoms with E-state index in [9.17, 15) is 9.59 Å². The standard InChI is InChI=1S/C23H19N3O3/c1-11-17-14-10-16(29-3)19-18-13(8-9-24-19)12-6-4-5-7-15(12)26(20(14)18)23(11,2)22(28)25-21(17)27/h4-11,17H,1-3H3,(H,25,27,28)/t11-,17-,23-/m1/s1. The van der Waals surface area contributed by atoms with Crippen LogP contribution in [0.25, 0.3) is 22.0 Å². The van der Waals surface area contributed by atoms with Gasteiger partial charge in [-0.05, 0) is 36.2 Å². The van der Waals surface area contributed by atoms with Gasteiger partial charge in [-0.2, -0.15) is 0 Å². The number of amides is 2. The van der Waals surface area contributed by atoms with Crippen molar-refractivity contribution in [3.8, 4) is 16.9 Å². The number of ether oxygens (including phenoxy) is 1. The van der Waals surface area contributed by atoms with Crippen molar-refractivity contribution in [2.75, 3.05) is 12.0 Å². The molecule has 4 heterocycles. The van der Waals surface area contributed by atoms with Crippen LogP contribution in [-0.4, -0.2) is 29.4 Å². The number of fused-ring (bicyclic) bond motifs is 7. The van der Waals surface area contributed by atoms with E-state index in [-0.39, 0.29) is 17.7 Å². The van der Waals surface area contributed by atoms with Crippen molar-refractivity contribution in [3.05, 3.63) is 48.2 Å². The first-order chi connectivity index (χ1) is 14.0. The molecule has 1 saturated heterocycles. The summed E-state index contributed by atoms with van der Waals surface area (Å²) in [5.41, 5.74) is 4.69. The lowest BCUT2D eigenvalue weighted by Crippen LogP contribution is -2.69. The number of hydrogen-bond donors (Lipinski definition) is 1. The Hall–Kier alpha value is -3.41. The minimum Gasteiger partial charge on any atom is -0.494 e. The molecule has 144 valence electrons. The number of anilines is 2. The zero-order chi connectivity index (χ0) is 20.1. The summed E-state index contributed by atoms with van der Waals surface area (Å²) in [6.07, 6.45) is 1.78. The third-order valence-electron chi connectivity index (χ3n) is 7.02. The lowest BCUT2D eigenvalue weighted by molar-refractivity contribution is -0.141. The highest BCUT2D eigenvalue weighted by molar-refractivity contribution is 6.19. The van der Waals surface area contributed by atoms with Crippen LogP contribution < -0.4 is 15.0 Å². The van der Waals surface area contributed by atoms with Crippen LogP contribution in [0, 0.1) is 5.92 Å². The quantitative estimate of drug-likeness (QED) is 0.649. The van der Waals surface area contributed by atoms with Crippen molar-refractivity contribution in [1.82, 2.24) is 10.3 Å². The number of benzene rings is 2. The number of nitrogens with one attached hydrogen (secondary N) is 1. The maximum Gasteiger partial charge on any atom is 0.252 e. The Balaban J connectivity index is 1.88. The molecule has 3 aliphatic rings. The maximum atomic E-state index is 13.2. The summed E-state index contributed by atoms with van der Waals surface area (Å²) in [7, 11) is 1.62. The first-order valence-corrected chi connectivity index (χ1v) is 9.73. The van der Waals surface area contributed by atoms with Crippen LogP contribution in [0.4, 0.5) is 11.4 Å². The van der Waals surface area contributed by atoms with Crippen LogP contribution in [0.15, 0.2) is 42.6 Å². The van der Waals surface area contributed by atoms with Gasteiger partial charge in [-0.1, -0.05) is 25.1 Å². The molecule has 1 aromatic heterocycles. The molecule has 2 aromatic carbocycles. The highest BCUT2D eigenvalue weighted by Gasteiger charge is 2.60. The molecule has 2 amide bonds. The van der Waals surface area contributed by atoms with Crippen LogP contribution in [0.2, 0.25) is 0 Å². The number of carbonyl (C=O) groups is 2. The third-order valence-corrected chi connectivity index (χ3v) is 7.02. The summed E-state index contributed by atoms with van der Waals surface area (Å²) < 4.78 is 5.67. The molecule has 3 aliphatic heterocycles. The lowest BCUT2D eigenvalue weighted by Gasteiger charge is -2.56. The largest absolute Gasteiger partial charge is 0.494 e. The summed E-state index contributed by atoms with van der Waals surface area (Å²) in [6, 6.07) is 12.0. The topological polar surface area (TPSA) is 71.5 Å². The maximum absolute atomic E-state index is 13.2. The van der Waals surface area contributed by atoms with E-state index in [0.717, 1.165) is 39.0 Å². The molecule has 1 N–H and O–H groups in total. The van der Waals surface area contributed by atoms with Gasteiger partial charge in [0, 0.05) is 23.1 Å². The molecule has 0 saturated carbocycles. The lowest BCUT2D eigenvalue weighted by atomic mass is 9.65. The fourth-order valence-corrected chi connectivity index (χ4v) is 5.46. The van der Waals surface area contributed by atoms with Gasteiger partial charge < -0.3 is 9.64 Å². The highest BCUT2D eigenvalue weighted by Crippen LogP contribution is 2.60. The number of nitrogens with zero attached hydrogens (tertiary/aromatic N) is 2. The number of carbonyl (C=O) groups excluding carboxylic acids is 2. The van der Waals surface area contributed by atoms with Gasteiger partial charge in [-0.15, -0.1) is 0 Å². The molecule has 2 bridgehead atoms. The van der Waals surface area contributed by atoms with Crippen LogP contribution in [0.3, 0.4) is 0 Å². The molecule has 1 fully saturated rings. The molecule has 0 radical (unpaired) electrons. The zero-order valence-electron chi connectivity index (χ0n) is 16.3. The molecule has 0 aliphatic carbocycles. The molecule has 0 spiro atoms. The minimum atomic E-state index is -0.892. The van der Waals surface area contributed by atoms with Crippen LogP contribution in [-0.2, 0) is 9.59 Å². The van der Waals surface area contributed by atoms with Crippen molar-refractivity contribution in [2.45, 2.75) is 25.3 Å². The number of aromatic nitrogens is 1. The van der Waals surface area contributed by atoms with Crippen molar-refractivity contribution < 1.29 is 14.3 Å². The fourth-order valence-electron chi connectivity index (χ4n) is 5.46. The first-order valence-electron chi connectivity index (χ1n) is 9.73. The summed E-state index contributed by atoms with van der Waals surface area (Å²) in [5, 5.41) is 3.55. The molecule has 29 heavy (non-hydrogen) atoms. The Bertz CT molecular complexity index is 1270. The molecule has 6 heteroatoms. The van der Waals surface area contributed by atoms with E-state index in [1.807, 2.05) is 44.2 Å². The van der Waals surface area contributed by atoms with Crippen LogP contribution in [0.5, 0.6) is 5.75 Å². The third kappa shape index (κ3) is 1.71. The van der Waals surface area contributed by atoms with Crippen molar-refractivity contribution >= 4 is 34.1 Å². The summed E-state index contributed by atoms with van der Waals surface area (Å²) in [4.78, 5) is 32.8. The molecule has 6 nitrogen and oxygen atoms in total. The number of rotatable bonds is 1. The summed E-state index contributed by atoms with van der Waals surface area (Å²) in [6.45, 7) is 3.92. The molecular weight excluding hydrogens is 366 g/mol. The van der Waals surface area contributed by atoms with Gasteiger partial charge >= 0.3 is 0 Å². The molecule has 3 aromatic rings. The fraction of sp³-hybridized carbons (Fsp3) is 0.261. The molecule has 6 rings (SSSR count). The second-order valence-electron chi connectivity index (χ2n) is 8.18. The van der Waals surface area contributed by atoms with Crippen molar-refractivity contribution in [1.29, 1.82) is 0 Å². The smallest absolute Gasteiger partial charge is 0.252 e. The van der Waals surface area contributed by atoms with Crippen LogP contribution >= 0.6 is 0 Å². The van der Waals surface area contributed by atoms with E-state index in [0.29, 0.717) is 5.75 Å². The van der Waals surface area contributed by atoms with E-state index in [1.165, 1.54) is 0 Å². The van der Waals surface area contributed by atoms with E-state index >= 15 is 0 Å². The monoisotopic (exact) mass is 385 g/mol. The second kappa shape index (κ2) is 5.14. The number of hydrogen-bond acceptors (Lipinski definition) is 5. The first kappa shape index (κ1) is 16.5. The van der Waals surface area contributed by atoms with Crippen molar-refractivity contribution in [3.63, 3.8) is 0 Å². The summed E-state index contributed by atoms with van der Waals surface area (Å²) in [5.74, 6) is -0.504. The van der Waals surface area contributed by atoms with Gasteiger partial charge in [-0.3, -0.25) is 19.9 Å². The number of piperidine rings is 1. The Morgan fingerprint density at radius 1 is 1.17 bits per heavy atom. The Morgan fingerprint density at radius 3 is 2.76 bits per heavy atom. The highest BCUT2D eigenvalue weighted by atomic mass is 16.5. The number of pyridine rings is 1. The van der Waals surface area contributed by atoms with Gasteiger partial charge in [0.2, 0.25) is 5.91 Å².